The zero-order chi connectivity index (χ0) is 27.6. The molecule has 2 saturated heterocycles. The van der Waals surface area contributed by atoms with Gasteiger partial charge < -0.3 is 14.9 Å². The van der Waals surface area contributed by atoms with Gasteiger partial charge in [0.25, 0.3) is 0 Å². The highest BCUT2D eigenvalue weighted by Gasteiger charge is 2.42. The lowest BCUT2D eigenvalue weighted by Gasteiger charge is -2.35. The first-order valence-corrected chi connectivity index (χ1v) is 15.4. The third-order valence-electron chi connectivity index (χ3n) is 10.2. The lowest BCUT2D eigenvalue weighted by Crippen LogP contribution is -2.42. The van der Waals surface area contributed by atoms with E-state index in [1.807, 2.05) is 19.9 Å². The average molecular weight is 539 g/mol. The van der Waals surface area contributed by atoms with Gasteiger partial charge in [-0.3, -0.25) is 9.48 Å². The highest BCUT2D eigenvalue weighted by atomic mass is 19.1. The van der Waals surface area contributed by atoms with Crippen molar-refractivity contribution in [2.45, 2.75) is 90.5 Å². The van der Waals surface area contributed by atoms with Crippen molar-refractivity contribution < 1.29 is 14.3 Å². The highest BCUT2D eigenvalue weighted by molar-refractivity contribution is 5.74. The van der Waals surface area contributed by atoms with E-state index in [4.69, 9.17) is 5.10 Å². The fraction of sp³-hybridized carbons (Fsp3) is 0.688. The largest absolute Gasteiger partial charge is 0.481 e. The molecule has 4 heterocycles. The Morgan fingerprint density at radius 1 is 1.08 bits per heavy atom. The molecule has 0 saturated carbocycles. The number of hydrogen-bond donors (Lipinski definition) is 1. The maximum atomic E-state index is 14.2. The van der Waals surface area contributed by atoms with Crippen molar-refractivity contribution in [1.29, 1.82) is 0 Å². The van der Waals surface area contributed by atoms with Crippen LogP contribution < -0.4 is 0 Å². The Hall–Kier alpha value is -2.25. The Kier molecular flexibility index (Phi) is 8.77. The fourth-order valence-electron chi connectivity index (χ4n) is 7.70. The summed E-state index contributed by atoms with van der Waals surface area (Å²) < 4.78 is 16.5. The smallest absolute Gasteiger partial charge is 0.310 e. The summed E-state index contributed by atoms with van der Waals surface area (Å²) in [6.45, 7) is 12.6. The molecule has 0 spiro atoms. The van der Waals surface area contributed by atoms with Gasteiger partial charge in [0, 0.05) is 44.3 Å². The van der Waals surface area contributed by atoms with E-state index >= 15 is 0 Å². The van der Waals surface area contributed by atoms with Gasteiger partial charge in [0.1, 0.15) is 5.82 Å². The van der Waals surface area contributed by atoms with Crippen LogP contribution in [0.2, 0.25) is 0 Å². The summed E-state index contributed by atoms with van der Waals surface area (Å²) in [5, 5.41) is 15.0. The van der Waals surface area contributed by atoms with Crippen LogP contribution in [0.25, 0.3) is 0 Å². The van der Waals surface area contributed by atoms with Crippen LogP contribution in [-0.2, 0) is 24.2 Å². The second kappa shape index (κ2) is 12.1. The summed E-state index contributed by atoms with van der Waals surface area (Å²) in [5.74, 6) is 0.284. The first-order chi connectivity index (χ1) is 18.9. The molecule has 0 bridgehead atoms. The maximum absolute atomic E-state index is 14.2. The number of aromatic nitrogens is 2. The molecule has 2 aromatic rings. The Morgan fingerprint density at radius 2 is 1.85 bits per heavy atom. The predicted octanol–water partition coefficient (Wildman–Crippen LogP) is 5.71. The molecule has 0 amide bonds. The van der Waals surface area contributed by atoms with E-state index in [-0.39, 0.29) is 11.7 Å². The molecule has 2 fully saturated rings. The van der Waals surface area contributed by atoms with Crippen LogP contribution in [0.4, 0.5) is 4.39 Å². The van der Waals surface area contributed by atoms with E-state index in [2.05, 4.69) is 27.5 Å². The van der Waals surface area contributed by atoms with E-state index in [9.17, 15) is 14.3 Å². The fourth-order valence-corrected chi connectivity index (χ4v) is 7.70. The van der Waals surface area contributed by atoms with Crippen LogP contribution in [0, 0.1) is 17.2 Å². The van der Waals surface area contributed by atoms with Crippen molar-refractivity contribution in [3.05, 3.63) is 52.6 Å². The number of hydrogen-bond acceptors (Lipinski definition) is 4. The van der Waals surface area contributed by atoms with Crippen LogP contribution in [0.15, 0.2) is 24.3 Å². The number of halogens is 1. The lowest BCUT2D eigenvalue weighted by molar-refractivity contribution is -0.150. The van der Waals surface area contributed by atoms with E-state index in [1.165, 1.54) is 49.6 Å². The number of carboxylic acid groups (broad SMARTS) is 1. The molecule has 3 aliphatic rings. The summed E-state index contributed by atoms with van der Waals surface area (Å²) in [4.78, 5) is 17.2. The van der Waals surface area contributed by atoms with Gasteiger partial charge in [0.15, 0.2) is 0 Å². The SMILES string of the molecule is CCc1nn2c(c1C1CCN(C[C@@H]3CN(CC(CC)(CC)C(=O)O)C[C@@H]3c3cccc(F)c3)CC1)CCCC2. The molecular weight excluding hydrogens is 491 g/mol. The maximum Gasteiger partial charge on any atom is 0.310 e. The van der Waals surface area contributed by atoms with Gasteiger partial charge in [-0.25, -0.2) is 4.39 Å². The number of likely N-dealkylation sites (tertiary alicyclic amines) is 2. The minimum Gasteiger partial charge on any atom is -0.481 e. The van der Waals surface area contributed by atoms with Gasteiger partial charge in [0.2, 0.25) is 0 Å². The van der Waals surface area contributed by atoms with E-state index in [0.717, 1.165) is 51.3 Å². The summed E-state index contributed by atoms with van der Waals surface area (Å²) in [5.41, 5.74) is 4.71. The quantitative estimate of drug-likeness (QED) is 0.420. The number of aryl methyl sites for hydroxylation is 2. The minimum atomic E-state index is -0.721. The number of carboxylic acids is 1. The van der Waals surface area contributed by atoms with Crippen LogP contribution in [-0.4, -0.2) is 69.9 Å². The molecule has 1 aromatic carbocycles. The van der Waals surface area contributed by atoms with Crippen molar-refractivity contribution >= 4 is 5.97 Å². The monoisotopic (exact) mass is 538 g/mol. The molecule has 0 radical (unpaired) electrons. The third-order valence-corrected chi connectivity index (χ3v) is 10.2. The summed E-state index contributed by atoms with van der Waals surface area (Å²) in [7, 11) is 0. The molecule has 214 valence electrons. The van der Waals surface area contributed by atoms with Crippen LogP contribution in [0.3, 0.4) is 0 Å². The third kappa shape index (κ3) is 5.81. The zero-order valence-electron chi connectivity index (χ0n) is 24.2. The van der Waals surface area contributed by atoms with Gasteiger partial charge in [-0.2, -0.15) is 5.10 Å². The molecule has 2 atom stereocenters. The lowest BCUT2D eigenvalue weighted by atomic mass is 9.82. The normalized spacial score (nSPS) is 23.3. The van der Waals surface area contributed by atoms with Crippen LogP contribution >= 0.6 is 0 Å². The molecule has 1 aromatic heterocycles. The Labute approximate surface area is 233 Å². The number of benzene rings is 1. The standard InChI is InChI=1S/C32H47FN4O2/c1-4-28-30(29-12-7-8-15-37(29)34-28)23-13-16-35(17-14-23)19-25-20-36(22-32(5-2,6-3)31(38)39)21-27(25)24-10-9-11-26(33)18-24/h9-11,18,23,25,27H,4-8,12-17,19-22H2,1-3H3,(H,38,39)/t25-,27-/m1/s1. The number of piperidine rings is 1. The number of rotatable bonds is 10. The predicted molar refractivity (Wildman–Crippen MR) is 153 cm³/mol. The van der Waals surface area contributed by atoms with Crippen LogP contribution in [0.1, 0.15) is 93.6 Å². The van der Waals surface area contributed by atoms with Crippen LogP contribution in [0.5, 0.6) is 0 Å². The summed E-state index contributed by atoms with van der Waals surface area (Å²) in [6.07, 6.45) is 8.28. The molecule has 5 rings (SSSR count). The minimum absolute atomic E-state index is 0.191. The molecule has 1 N–H and O–H groups in total. The van der Waals surface area contributed by atoms with Crippen molar-refractivity contribution in [3.8, 4) is 0 Å². The molecule has 7 heteroatoms. The highest BCUT2D eigenvalue weighted by Crippen LogP contribution is 2.39. The van der Waals surface area contributed by atoms with Gasteiger partial charge in [0.05, 0.1) is 11.1 Å². The second-order valence-corrected chi connectivity index (χ2v) is 12.3. The Balaban J connectivity index is 1.28. The molecular formula is C32H47FN4O2. The average Bonchev–Trinajstić information content (AvgIpc) is 3.53. The number of fused-ring (bicyclic) bond motifs is 1. The Bertz CT molecular complexity index is 1140. The van der Waals surface area contributed by atoms with E-state index in [1.54, 1.807) is 11.6 Å². The van der Waals surface area contributed by atoms with Crippen molar-refractivity contribution in [3.63, 3.8) is 0 Å². The Morgan fingerprint density at radius 3 is 2.51 bits per heavy atom. The van der Waals surface area contributed by atoms with Crippen molar-refractivity contribution in [1.82, 2.24) is 19.6 Å². The van der Waals surface area contributed by atoms with Gasteiger partial charge in [-0.05, 0) is 99.6 Å². The van der Waals surface area contributed by atoms with Gasteiger partial charge in [-0.15, -0.1) is 0 Å². The number of nitrogens with zero attached hydrogens (tertiary/aromatic N) is 4. The van der Waals surface area contributed by atoms with Gasteiger partial charge >= 0.3 is 5.97 Å². The second-order valence-electron chi connectivity index (χ2n) is 12.3. The number of aliphatic carboxylic acids is 1. The van der Waals surface area contributed by atoms with E-state index < -0.39 is 11.4 Å². The first kappa shape index (κ1) is 28.3. The topological polar surface area (TPSA) is 61.6 Å². The first-order valence-electron chi connectivity index (χ1n) is 15.4. The molecule has 6 nitrogen and oxygen atoms in total. The molecule has 0 unspecified atom stereocenters. The molecule has 3 aliphatic heterocycles. The summed E-state index contributed by atoms with van der Waals surface area (Å²) >= 11 is 0. The summed E-state index contributed by atoms with van der Waals surface area (Å²) in [6, 6.07) is 7.07. The zero-order valence-corrected chi connectivity index (χ0v) is 24.2. The number of carbonyl (C=O) groups is 1. The molecule has 39 heavy (non-hydrogen) atoms. The molecule has 0 aliphatic carbocycles. The van der Waals surface area contributed by atoms with Gasteiger partial charge in [-0.1, -0.05) is 32.9 Å². The van der Waals surface area contributed by atoms with E-state index in [0.29, 0.717) is 31.2 Å². The van der Waals surface area contributed by atoms with Crippen molar-refractivity contribution in [2.75, 3.05) is 39.3 Å². The van der Waals surface area contributed by atoms with Crippen molar-refractivity contribution in [2.24, 2.45) is 11.3 Å².